The lowest BCUT2D eigenvalue weighted by Crippen LogP contribution is -2.34. The predicted molar refractivity (Wildman–Crippen MR) is 53.7 cm³/mol. The zero-order valence-corrected chi connectivity index (χ0v) is 8.59. The molecule has 2 fully saturated rings. The highest BCUT2D eigenvalue weighted by Gasteiger charge is 2.30. The third-order valence-electron chi connectivity index (χ3n) is 3.32. The summed E-state index contributed by atoms with van der Waals surface area (Å²) in [6.45, 7) is 5.43. The molecule has 0 aromatic heterocycles. The Morgan fingerprint density at radius 2 is 2.23 bits per heavy atom. The Morgan fingerprint density at radius 3 is 2.77 bits per heavy atom. The lowest BCUT2D eigenvalue weighted by molar-refractivity contribution is 0.184. The number of ether oxygens (including phenoxy) is 1. The van der Waals surface area contributed by atoms with E-state index in [0.29, 0.717) is 0 Å². The quantitative estimate of drug-likeness (QED) is 0.702. The first-order valence-electron chi connectivity index (χ1n) is 5.71. The normalized spacial score (nSPS) is 30.7. The molecule has 13 heavy (non-hydrogen) atoms. The Morgan fingerprint density at radius 1 is 1.38 bits per heavy atom. The Labute approximate surface area is 81.0 Å². The van der Waals surface area contributed by atoms with Crippen LogP contribution in [-0.4, -0.2) is 25.8 Å². The molecule has 0 amide bonds. The zero-order valence-electron chi connectivity index (χ0n) is 8.59. The Hall–Kier alpha value is -0.0800. The molecular weight excluding hydrogens is 162 g/mol. The van der Waals surface area contributed by atoms with Gasteiger partial charge in [-0.25, -0.2) is 0 Å². The number of nitrogens with one attached hydrogen (secondary N) is 1. The molecule has 0 aromatic carbocycles. The van der Waals surface area contributed by atoms with Crippen molar-refractivity contribution in [2.24, 2.45) is 11.8 Å². The third-order valence-corrected chi connectivity index (χ3v) is 3.32. The minimum absolute atomic E-state index is 0.785. The summed E-state index contributed by atoms with van der Waals surface area (Å²) in [5, 5.41) is 3.69. The highest BCUT2D eigenvalue weighted by molar-refractivity contribution is 4.86. The summed E-state index contributed by atoms with van der Waals surface area (Å²) in [4.78, 5) is 0. The van der Waals surface area contributed by atoms with E-state index in [-0.39, 0.29) is 0 Å². The van der Waals surface area contributed by atoms with Crippen LogP contribution in [0.2, 0.25) is 0 Å². The van der Waals surface area contributed by atoms with Gasteiger partial charge in [0, 0.05) is 19.2 Å². The van der Waals surface area contributed by atoms with Crippen molar-refractivity contribution < 1.29 is 4.74 Å². The molecule has 1 saturated heterocycles. The van der Waals surface area contributed by atoms with Gasteiger partial charge in [0.15, 0.2) is 0 Å². The molecule has 0 bridgehead atoms. The molecule has 1 aliphatic heterocycles. The van der Waals surface area contributed by atoms with Crippen molar-refractivity contribution in [2.45, 2.75) is 38.6 Å². The zero-order chi connectivity index (χ0) is 9.10. The van der Waals surface area contributed by atoms with Crippen LogP contribution in [-0.2, 0) is 4.74 Å². The topological polar surface area (TPSA) is 21.3 Å². The van der Waals surface area contributed by atoms with E-state index < -0.39 is 0 Å². The van der Waals surface area contributed by atoms with E-state index in [4.69, 9.17) is 4.74 Å². The molecule has 2 heteroatoms. The van der Waals surface area contributed by atoms with E-state index in [1.807, 2.05) is 0 Å². The number of rotatable bonds is 5. The fourth-order valence-corrected chi connectivity index (χ4v) is 2.21. The molecule has 0 spiro atoms. The van der Waals surface area contributed by atoms with Crippen molar-refractivity contribution in [3.63, 3.8) is 0 Å². The van der Waals surface area contributed by atoms with Crippen LogP contribution in [0.4, 0.5) is 0 Å². The second-order valence-electron chi connectivity index (χ2n) is 4.49. The van der Waals surface area contributed by atoms with Gasteiger partial charge >= 0.3 is 0 Å². The smallest absolute Gasteiger partial charge is 0.0507 e. The van der Waals surface area contributed by atoms with Gasteiger partial charge < -0.3 is 10.1 Å². The molecule has 76 valence electrons. The second-order valence-corrected chi connectivity index (χ2v) is 4.49. The lowest BCUT2D eigenvalue weighted by atomic mass is 10.1. The first-order valence-corrected chi connectivity index (χ1v) is 5.71. The van der Waals surface area contributed by atoms with Crippen LogP contribution in [0.1, 0.15) is 32.6 Å². The maximum absolute atomic E-state index is 5.36. The maximum atomic E-state index is 5.36. The first kappa shape index (κ1) is 9.47. The summed E-state index contributed by atoms with van der Waals surface area (Å²) in [6, 6.07) is 0.792. The predicted octanol–water partition coefficient (Wildman–Crippen LogP) is 1.80. The van der Waals surface area contributed by atoms with Crippen LogP contribution < -0.4 is 5.32 Å². The van der Waals surface area contributed by atoms with Crippen LogP contribution in [0.15, 0.2) is 0 Å². The first-order chi connectivity index (χ1) is 6.40. The summed E-state index contributed by atoms with van der Waals surface area (Å²) in [5.41, 5.74) is 0. The van der Waals surface area contributed by atoms with E-state index in [1.165, 1.54) is 32.2 Å². The maximum Gasteiger partial charge on any atom is 0.0507 e. The second kappa shape index (κ2) is 4.43. The van der Waals surface area contributed by atoms with Crippen LogP contribution >= 0.6 is 0 Å². The molecule has 1 aliphatic carbocycles. The average molecular weight is 183 g/mol. The van der Waals surface area contributed by atoms with Gasteiger partial charge in [0.05, 0.1) is 6.61 Å². The average Bonchev–Trinajstić information content (AvgIpc) is 2.84. The largest absolute Gasteiger partial charge is 0.381 e. The highest BCUT2D eigenvalue weighted by Crippen LogP contribution is 2.34. The molecule has 0 aromatic rings. The van der Waals surface area contributed by atoms with Crippen molar-refractivity contribution in [2.75, 3.05) is 19.8 Å². The van der Waals surface area contributed by atoms with E-state index in [2.05, 4.69) is 12.2 Å². The van der Waals surface area contributed by atoms with Crippen molar-refractivity contribution in [1.29, 1.82) is 0 Å². The van der Waals surface area contributed by atoms with Gasteiger partial charge in [-0.2, -0.15) is 0 Å². The molecule has 1 N–H and O–H groups in total. The van der Waals surface area contributed by atoms with Gasteiger partial charge in [-0.05, 0) is 37.5 Å². The van der Waals surface area contributed by atoms with Crippen molar-refractivity contribution >= 4 is 0 Å². The van der Waals surface area contributed by atoms with Crippen molar-refractivity contribution in [1.82, 2.24) is 5.32 Å². The summed E-state index contributed by atoms with van der Waals surface area (Å²) in [5.74, 6) is 1.78. The van der Waals surface area contributed by atoms with Gasteiger partial charge in [-0.15, -0.1) is 0 Å². The summed E-state index contributed by atoms with van der Waals surface area (Å²) < 4.78 is 5.36. The number of hydrogen-bond donors (Lipinski definition) is 1. The van der Waals surface area contributed by atoms with E-state index in [1.54, 1.807) is 0 Å². The fraction of sp³-hybridized carbons (Fsp3) is 1.00. The minimum Gasteiger partial charge on any atom is -0.381 e. The van der Waals surface area contributed by atoms with Crippen molar-refractivity contribution in [3.8, 4) is 0 Å². The van der Waals surface area contributed by atoms with E-state index in [0.717, 1.165) is 31.1 Å². The SMILES string of the molecule is CCC(NCC1CCOC1)C1CC1. The molecule has 1 heterocycles. The lowest BCUT2D eigenvalue weighted by Gasteiger charge is -2.18. The molecule has 2 unspecified atom stereocenters. The standard InChI is InChI=1S/C11H21NO/c1-2-11(10-3-4-10)12-7-9-5-6-13-8-9/h9-12H,2-8H2,1H3. The van der Waals surface area contributed by atoms with Gasteiger partial charge in [0.1, 0.15) is 0 Å². The van der Waals surface area contributed by atoms with Crippen LogP contribution in [0.3, 0.4) is 0 Å². The monoisotopic (exact) mass is 183 g/mol. The number of hydrogen-bond acceptors (Lipinski definition) is 2. The summed E-state index contributed by atoms with van der Waals surface area (Å²) >= 11 is 0. The Kier molecular flexibility index (Phi) is 3.23. The van der Waals surface area contributed by atoms with Gasteiger partial charge in [-0.1, -0.05) is 6.92 Å². The van der Waals surface area contributed by atoms with E-state index >= 15 is 0 Å². The minimum atomic E-state index is 0.785. The molecule has 0 radical (unpaired) electrons. The summed E-state index contributed by atoms with van der Waals surface area (Å²) in [6.07, 6.45) is 5.45. The van der Waals surface area contributed by atoms with Gasteiger partial charge in [-0.3, -0.25) is 0 Å². The summed E-state index contributed by atoms with van der Waals surface area (Å²) in [7, 11) is 0. The van der Waals surface area contributed by atoms with Crippen LogP contribution in [0.25, 0.3) is 0 Å². The molecule has 1 saturated carbocycles. The van der Waals surface area contributed by atoms with Crippen molar-refractivity contribution in [3.05, 3.63) is 0 Å². The Bertz CT molecular complexity index is 150. The molecular formula is C11H21NO. The highest BCUT2D eigenvalue weighted by atomic mass is 16.5. The molecule has 2 nitrogen and oxygen atoms in total. The van der Waals surface area contributed by atoms with Crippen LogP contribution in [0.5, 0.6) is 0 Å². The molecule has 2 rings (SSSR count). The molecule has 2 aliphatic rings. The van der Waals surface area contributed by atoms with Gasteiger partial charge in [0.2, 0.25) is 0 Å². The fourth-order valence-electron chi connectivity index (χ4n) is 2.21. The Balaban J connectivity index is 1.64. The van der Waals surface area contributed by atoms with Gasteiger partial charge in [0.25, 0.3) is 0 Å². The third kappa shape index (κ3) is 2.68. The van der Waals surface area contributed by atoms with E-state index in [9.17, 15) is 0 Å². The van der Waals surface area contributed by atoms with Crippen LogP contribution in [0, 0.1) is 11.8 Å². The molecule has 2 atom stereocenters.